The van der Waals surface area contributed by atoms with E-state index in [1.54, 1.807) is 18.3 Å². The van der Waals surface area contributed by atoms with E-state index in [0.29, 0.717) is 24.7 Å². The predicted molar refractivity (Wildman–Crippen MR) is 93.4 cm³/mol. The Labute approximate surface area is 143 Å². The van der Waals surface area contributed by atoms with Crippen molar-refractivity contribution in [2.75, 3.05) is 20.3 Å². The molecule has 0 saturated carbocycles. The minimum absolute atomic E-state index is 0.494. The number of fused-ring (bicyclic) bond motifs is 2. The summed E-state index contributed by atoms with van der Waals surface area (Å²) in [6, 6.07) is 6.01. The van der Waals surface area contributed by atoms with E-state index < -0.39 is 0 Å². The Kier molecular flexibility index (Phi) is 5.91. The Hall–Kier alpha value is -1.11. The number of furan rings is 1. The number of hydrogen-bond donors (Lipinski definition) is 3. The van der Waals surface area contributed by atoms with E-state index in [4.69, 9.17) is 21.4 Å². The Bertz CT molecular complexity index is 480. The van der Waals surface area contributed by atoms with Crippen molar-refractivity contribution < 1.29 is 14.1 Å². The molecule has 2 fully saturated rings. The van der Waals surface area contributed by atoms with Gasteiger partial charge in [-0.3, -0.25) is 0 Å². The van der Waals surface area contributed by atoms with E-state index in [9.17, 15) is 0 Å². The third kappa shape index (κ3) is 4.46. The largest absolute Gasteiger partial charge is 0.463 e. The third-order valence-corrected chi connectivity index (χ3v) is 5.44. The highest BCUT2D eigenvalue weighted by molar-refractivity contribution is 7.80. The van der Waals surface area contributed by atoms with Crippen molar-refractivity contribution >= 4 is 17.3 Å². The van der Waals surface area contributed by atoms with E-state index in [1.165, 1.54) is 32.1 Å². The molecule has 5 nitrogen and oxygen atoms in total. The summed E-state index contributed by atoms with van der Waals surface area (Å²) in [6.45, 7) is 2.46. The fraction of sp³-hybridized carbons (Fsp3) is 0.706. The van der Waals surface area contributed by atoms with E-state index in [0.717, 1.165) is 24.0 Å². The first-order valence-electron chi connectivity index (χ1n) is 8.67. The number of rotatable bonds is 6. The zero-order valence-electron chi connectivity index (χ0n) is 13.8. The minimum Gasteiger partial charge on any atom is -0.463 e. The van der Waals surface area contributed by atoms with Gasteiger partial charge in [0.1, 0.15) is 6.54 Å². The first-order chi connectivity index (χ1) is 11.3. The summed E-state index contributed by atoms with van der Waals surface area (Å²) in [5.74, 6) is 1.11. The van der Waals surface area contributed by atoms with Crippen molar-refractivity contribution in [2.45, 2.75) is 56.8 Å². The Morgan fingerprint density at radius 1 is 1.39 bits per heavy atom. The maximum atomic E-state index is 5.57. The molecule has 2 unspecified atom stereocenters. The van der Waals surface area contributed by atoms with Crippen LogP contribution in [0.3, 0.4) is 0 Å². The maximum Gasteiger partial charge on any atom is 0.166 e. The summed E-state index contributed by atoms with van der Waals surface area (Å²) < 4.78 is 10.6. The van der Waals surface area contributed by atoms with Crippen LogP contribution >= 0.6 is 12.2 Å². The molecule has 4 atom stereocenters. The quantitative estimate of drug-likeness (QED) is 0.531. The van der Waals surface area contributed by atoms with E-state index in [2.05, 4.69) is 16.7 Å². The average molecular weight is 338 g/mol. The number of hydrogen-bond acceptors (Lipinski definition) is 3. The van der Waals surface area contributed by atoms with Crippen molar-refractivity contribution in [3.63, 3.8) is 0 Å². The van der Waals surface area contributed by atoms with Gasteiger partial charge in [-0.1, -0.05) is 0 Å². The summed E-state index contributed by atoms with van der Waals surface area (Å²) in [7, 11) is 1.71. The van der Waals surface area contributed by atoms with Crippen LogP contribution in [-0.4, -0.2) is 43.5 Å². The van der Waals surface area contributed by atoms with Gasteiger partial charge >= 0.3 is 0 Å². The SMILES string of the molecule is COCCNC(=S)NC1C[C@H]2CCC[C@@H](C1)[NH+]2Cc1ccco1. The van der Waals surface area contributed by atoms with Crippen LogP contribution in [0.15, 0.2) is 22.8 Å². The second-order valence-corrected chi connectivity index (χ2v) is 7.13. The second kappa shape index (κ2) is 8.13. The summed E-state index contributed by atoms with van der Waals surface area (Å²) >= 11 is 5.40. The molecule has 3 heterocycles. The fourth-order valence-electron chi connectivity index (χ4n) is 4.16. The van der Waals surface area contributed by atoms with Crippen LogP contribution in [0.5, 0.6) is 0 Å². The Morgan fingerprint density at radius 3 is 2.83 bits per heavy atom. The van der Waals surface area contributed by atoms with E-state index in [1.807, 2.05) is 6.07 Å². The van der Waals surface area contributed by atoms with Gasteiger partial charge in [0.25, 0.3) is 0 Å². The van der Waals surface area contributed by atoms with Crippen LogP contribution in [0.4, 0.5) is 0 Å². The molecule has 0 spiro atoms. The lowest BCUT2D eigenvalue weighted by molar-refractivity contribution is -0.974. The van der Waals surface area contributed by atoms with Crippen molar-refractivity contribution in [1.29, 1.82) is 0 Å². The fourth-order valence-corrected chi connectivity index (χ4v) is 4.43. The minimum atomic E-state index is 0.494. The van der Waals surface area contributed by atoms with Crippen molar-refractivity contribution in [3.05, 3.63) is 24.2 Å². The molecule has 1 aromatic heterocycles. The molecule has 1 aromatic rings. The van der Waals surface area contributed by atoms with Gasteiger partial charge < -0.3 is 24.7 Å². The molecule has 2 saturated heterocycles. The molecule has 3 N–H and O–H groups in total. The number of nitrogens with one attached hydrogen (secondary N) is 3. The van der Waals surface area contributed by atoms with Gasteiger partial charge in [0.2, 0.25) is 0 Å². The molecule has 0 aliphatic carbocycles. The van der Waals surface area contributed by atoms with Gasteiger partial charge in [-0.25, -0.2) is 0 Å². The molecule has 2 aliphatic heterocycles. The molecule has 0 radical (unpaired) electrons. The first kappa shape index (κ1) is 16.7. The van der Waals surface area contributed by atoms with Crippen molar-refractivity contribution in [1.82, 2.24) is 10.6 Å². The van der Waals surface area contributed by atoms with Gasteiger partial charge in [0, 0.05) is 32.5 Å². The zero-order valence-corrected chi connectivity index (χ0v) is 14.7. The monoisotopic (exact) mass is 338 g/mol. The summed E-state index contributed by atoms with van der Waals surface area (Å²) in [5.41, 5.74) is 0. The normalized spacial score (nSPS) is 30.0. The van der Waals surface area contributed by atoms with Crippen LogP contribution in [0, 0.1) is 0 Å². The lowest BCUT2D eigenvalue weighted by Gasteiger charge is -2.45. The van der Waals surface area contributed by atoms with Crippen LogP contribution in [0.1, 0.15) is 37.9 Å². The smallest absolute Gasteiger partial charge is 0.166 e. The van der Waals surface area contributed by atoms with E-state index in [-0.39, 0.29) is 0 Å². The first-order valence-corrected chi connectivity index (χ1v) is 9.08. The highest BCUT2D eigenvalue weighted by Gasteiger charge is 2.42. The lowest BCUT2D eigenvalue weighted by atomic mass is 9.81. The summed E-state index contributed by atoms with van der Waals surface area (Å²) in [4.78, 5) is 1.71. The molecule has 0 amide bonds. The second-order valence-electron chi connectivity index (χ2n) is 6.72. The van der Waals surface area contributed by atoms with Crippen molar-refractivity contribution in [2.24, 2.45) is 0 Å². The summed E-state index contributed by atoms with van der Waals surface area (Å²) in [5, 5.41) is 7.49. The van der Waals surface area contributed by atoms with Gasteiger partial charge in [-0.05, 0) is 43.6 Å². The summed E-state index contributed by atoms with van der Waals surface area (Å²) in [6.07, 6.45) is 8.16. The number of piperidine rings is 2. The number of methoxy groups -OCH3 is 1. The number of quaternary nitrogens is 1. The Morgan fingerprint density at radius 2 is 2.17 bits per heavy atom. The van der Waals surface area contributed by atoms with Crippen LogP contribution in [0.25, 0.3) is 0 Å². The molecule has 2 bridgehead atoms. The average Bonchev–Trinajstić information content (AvgIpc) is 3.01. The topological polar surface area (TPSA) is 50.9 Å². The molecular formula is C17H28N3O2S+. The molecule has 23 heavy (non-hydrogen) atoms. The van der Waals surface area contributed by atoms with Gasteiger partial charge in [-0.15, -0.1) is 0 Å². The lowest BCUT2D eigenvalue weighted by Crippen LogP contribution is -3.20. The molecule has 0 aromatic carbocycles. The predicted octanol–water partition coefficient (Wildman–Crippen LogP) is 0.859. The van der Waals surface area contributed by atoms with Crippen LogP contribution < -0.4 is 15.5 Å². The maximum absolute atomic E-state index is 5.57. The Balaban J connectivity index is 1.52. The standard InChI is InChI=1S/C17H27N3O2S/c1-21-9-7-18-17(23)19-13-10-14-4-2-5-15(11-13)20(14)12-16-6-3-8-22-16/h3,6,8,13-15H,2,4-5,7,9-12H2,1H3,(H2,18,19,23)/p+1/t13?,14-,15+. The van der Waals surface area contributed by atoms with Gasteiger partial charge in [-0.2, -0.15) is 0 Å². The highest BCUT2D eigenvalue weighted by atomic mass is 32.1. The number of ether oxygens (including phenoxy) is 1. The van der Waals surface area contributed by atoms with Crippen LogP contribution in [0.2, 0.25) is 0 Å². The molecular weight excluding hydrogens is 310 g/mol. The zero-order chi connectivity index (χ0) is 16.1. The molecule has 128 valence electrons. The van der Waals surface area contributed by atoms with Gasteiger partial charge in [0.05, 0.1) is 25.0 Å². The van der Waals surface area contributed by atoms with Gasteiger partial charge in [0.15, 0.2) is 10.9 Å². The number of thiocarbonyl (C=S) groups is 1. The molecule has 2 aliphatic rings. The highest BCUT2D eigenvalue weighted by Crippen LogP contribution is 2.22. The molecule has 6 heteroatoms. The third-order valence-electron chi connectivity index (χ3n) is 5.18. The molecule has 3 rings (SSSR count). The van der Waals surface area contributed by atoms with Crippen LogP contribution in [-0.2, 0) is 11.3 Å². The van der Waals surface area contributed by atoms with E-state index >= 15 is 0 Å². The van der Waals surface area contributed by atoms with Crippen molar-refractivity contribution in [3.8, 4) is 0 Å².